The van der Waals surface area contributed by atoms with Gasteiger partial charge in [-0.1, -0.05) is 6.92 Å². The molecule has 0 spiro atoms. The third kappa shape index (κ3) is 1.40. The molecule has 0 aromatic carbocycles. The SMILES string of the molecule is CC1CN(C)C(=S)N(C)C1. The van der Waals surface area contributed by atoms with Gasteiger partial charge in [0.15, 0.2) is 5.11 Å². The summed E-state index contributed by atoms with van der Waals surface area (Å²) in [6.07, 6.45) is 0. The molecule has 3 heteroatoms. The van der Waals surface area contributed by atoms with Crippen molar-refractivity contribution >= 4 is 17.3 Å². The lowest BCUT2D eigenvalue weighted by Crippen LogP contribution is -2.48. The van der Waals surface area contributed by atoms with Gasteiger partial charge in [0.1, 0.15) is 0 Å². The van der Waals surface area contributed by atoms with E-state index in [-0.39, 0.29) is 0 Å². The zero-order chi connectivity index (χ0) is 7.72. The van der Waals surface area contributed by atoms with Crippen molar-refractivity contribution < 1.29 is 0 Å². The summed E-state index contributed by atoms with van der Waals surface area (Å²) in [7, 11) is 4.10. The van der Waals surface area contributed by atoms with Crippen molar-refractivity contribution in [2.45, 2.75) is 6.92 Å². The van der Waals surface area contributed by atoms with E-state index in [9.17, 15) is 0 Å². The third-order valence-electron chi connectivity index (χ3n) is 1.82. The zero-order valence-corrected chi connectivity index (χ0v) is 7.61. The molecule has 0 N–H and O–H groups in total. The first kappa shape index (κ1) is 7.79. The number of thiocarbonyl (C=S) groups is 1. The smallest absolute Gasteiger partial charge is 0.171 e. The maximum atomic E-state index is 5.16. The summed E-state index contributed by atoms with van der Waals surface area (Å²) in [4.78, 5) is 4.26. The second-order valence-corrected chi connectivity index (χ2v) is 3.51. The molecule has 0 saturated carbocycles. The average Bonchev–Trinajstić information content (AvgIpc) is 1.82. The lowest BCUT2D eigenvalue weighted by atomic mass is 10.1. The standard InChI is InChI=1S/C7H14N2S/c1-6-4-8(2)7(10)9(3)5-6/h6H,4-5H2,1-3H3. The third-order valence-corrected chi connectivity index (χ3v) is 2.45. The summed E-state index contributed by atoms with van der Waals surface area (Å²) < 4.78 is 0. The maximum Gasteiger partial charge on any atom is 0.171 e. The summed E-state index contributed by atoms with van der Waals surface area (Å²) in [5.74, 6) is 0.738. The molecule has 0 unspecified atom stereocenters. The van der Waals surface area contributed by atoms with Gasteiger partial charge >= 0.3 is 0 Å². The highest BCUT2D eigenvalue weighted by atomic mass is 32.1. The van der Waals surface area contributed by atoms with E-state index in [0.29, 0.717) is 0 Å². The first-order chi connectivity index (χ1) is 4.61. The number of hydrogen-bond acceptors (Lipinski definition) is 1. The van der Waals surface area contributed by atoms with Crippen LogP contribution < -0.4 is 0 Å². The minimum Gasteiger partial charge on any atom is -0.352 e. The van der Waals surface area contributed by atoms with Crippen LogP contribution in [0.3, 0.4) is 0 Å². The molecule has 0 radical (unpaired) electrons. The van der Waals surface area contributed by atoms with Crippen molar-refractivity contribution in [3.63, 3.8) is 0 Å². The highest BCUT2D eigenvalue weighted by molar-refractivity contribution is 7.80. The molecule has 10 heavy (non-hydrogen) atoms. The molecule has 2 nitrogen and oxygen atoms in total. The van der Waals surface area contributed by atoms with E-state index in [4.69, 9.17) is 12.2 Å². The summed E-state index contributed by atoms with van der Waals surface area (Å²) in [6, 6.07) is 0. The van der Waals surface area contributed by atoms with Crippen molar-refractivity contribution in [3.8, 4) is 0 Å². The van der Waals surface area contributed by atoms with E-state index in [2.05, 4.69) is 30.8 Å². The van der Waals surface area contributed by atoms with Crippen molar-refractivity contribution in [1.82, 2.24) is 9.80 Å². The van der Waals surface area contributed by atoms with Gasteiger partial charge in [-0.2, -0.15) is 0 Å². The quantitative estimate of drug-likeness (QED) is 0.481. The molecule has 0 amide bonds. The highest BCUT2D eigenvalue weighted by Gasteiger charge is 2.20. The molecule has 1 saturated heterocycles. The van der Waals surface area contributed by atoms with Crippen LogP contribution in [0.5, 0.6) is 0 Å². The van der Waals surface area contributed by atoms with Crippen LogP contribution in [-0.4, -0.2) is 42.1 Å². The van der Waals surface area contributed by atoms with Crippen molar-refractivity contribution in [1.29, 1.82) is 0 Å². The van der Waals surface area contributed by atoms with Crippen LogP contribution in [0, 0.1) is 5.92 Å². The Morgan fingerprint density at radius 1 is 1.30 bits per heavy atom. The van der Waals surface area contributed by atoms with Crippen LogP contribution >= 0.6 is 12.2 Å². The Labute approximate surface area is 67.8 Å². The fraction of sp³-hybridized carbons (Fsp3) is 0.857. The molecule has 1 aliphatic heterocycles. The van der Waals surface area contributed by atoms with Gasteiger partial charge in [0.05, 0.1) is 0 Å². The molecule has 1 fully saturated rings. The van der Waals surface area contributed by atoms with E-state index in [1.807, 2.05) is 0 Å². The Morgan fingerprint density at radius 3 is 2.10 bits per heavy atom. The van der Waals surface area contributed by atoms with Crippen molar-refractivity contribution in [2.24, 2.45) is 5.92 Å². The van der Waals surface area contributed by atoms with Gasteiger partial charge in [-0.25, -0.2) is 0 Å². The monoisotopic (exact) mass is 158 g/mol. The van der Waals surface area contributed by atoms with Gasteiger partial charge in [-0.3, -0.25) is 0 Å². The lowest BCUT2D eigenvalue weighted by Gasteiger charge is -2.37. The predicted molar refractivity (Wildman–Crippen MR) is 47.0 cm³/mol. The Morgan fingerprint density at radius 2 is 1.70 bits per heavy atom. The van der Waals surface area contributed by atoms with E-state index in [0.717, 1.165) is 24.1 Å². The van der Waals surface area contributed by atoms with E-state index in [1.54, 1.807) is 0 Å². The van der Waals surface area contributed by atoms with Gasteiger partial charge < -0.3 is 9.80 Å². The van der Waals surface area contributed by atoms with Crippen LogP contribution in [-0.2, 0) is 0 Å². The Hall–Kier alpha value is -0.310. The average molecular weight is 158 g/mol. The minimum atomic E-state index is 0.738. The zero-order valence-electron chi connectivity index (χ0n) is 6.79. The van der Waals surface area contributed by atoms with Crippen LogP contribution in [0.25, 0.3) is 0 Å². The summed E-state index contributed by atoms with van der Waals surface area (Å²) >= 11 is 5.16. The summed E-state index contributed by atoms with van der Waals surface area (Å²) in [5.41, 5.74) is 0. The predicted octanol–water partition coefficient (Wildman–Crippen LogP) is 0.785. The topological polar surface area (TPSA) is 6.48 Å². The normalized spacial score (nSPS) is 22.1. The molecule has 58 valence electrons. The van der Waals surface area contributed by atoms with Crippen LogP contribution in [0.1, 0.15) is 6.92 Å². The van der Waals surface area contributed by atoms with E-state index in [1.165, 1.54) is 0 Å². The minimum absolute atomic E-state index is 0.738. The Balaban J connectivity index is 2.57. The maximum absolute atomic E-state index is 5.16. The fourth-order valence-corrected chi connectivity index (χ4v) is 1.59. The largest absolute Gasteiger partial charge is 0.352 e. The van der Waals surface area contributed by atoms with Gasteiger partial charge in [0.2, 0.25) is 0 Å². The number of hydrogen-bond donors (Lipinski definition) is 0. The molecule has 0 atom stereocenters. The van der Waals surface area contributed by atoms with Gasteiger partial charge in [-0.05, 0) is 18.1 Å². The fourth-order valence-electron chi connectivity index (χ4n) is 1.44. The molecule has 0 bridgehead atoms. The molecular formula is C7H14N2S. The first-order valence-electron chi connectivity index (χ1n) is 3.57. The van der Waals surface area contributed by atoms with Crippen LogP contribution in [0.4, 0.5) is 0 Å². The van der Waals surface area contributed by atoms with Crippen molar-refractivity contribution in [2.75, 3.05) is 27.2 Å². The highest BCUT2D eigenvalue weighted by Crippen LogP contribution is 2.09. The van der Waals surface area contributed by atoms with Crippen molar-refractivity contribution in [3.05, 3.63) is 0 Å². The molecule has 1 heterocycles. The number of rotatable bonds is 0. The lowest BCUT2D eigenvalue weighted by molar-refractivity contribution is 0.262. The first-order valence-corrected chi connectivity index (χ1v) is 3.98. The van der Waals surface area contributed by atoms with Gasteiger partial charge in [0, 0.05) is 27.2 Å². The van der Waals surface area contributed by atoms with Crippen LogP contribution in [0.2, 0.25) is 0 Å². The molecule has 1 aliphatic rings. The molecule has 0 aliphatic carbocycles. The van der Waals surface area contributed by atoms with Gasteiger partial charge in [-0.15, -0.1) is 0 Å². The molecular weight excluding hydrogens is 144 g/mol. The van der Waals surface area contributed by atoms with E-state index >= 15 is 0 Å². The second-order valence-electron chi connectivity index (χ2n) is 3.15. The Bertz CT molecular complexity index is 133. The van der Waals surface area contributed by atoms with E-state index < -0.39 is 0 Å². The molecule has 0 aromatic heterocycles. The number of nitrogens with zero attached hydrogens (tertiary/aromatic N) is 2. The molecule has 1 rings (SSSR count). The second kappa shape index (κ2) is 2.74. The van der Waals surface area contributed by atoms with Gasteiger partial charge in [0.25, 0.3) is 0 Å². The van der Waals surface area contributed by atoms with Crippen LogP contribution in [0.15, 0.2) is 0 Å². The summed E-state index contributed by atoms with van der Waals surface area (Å²) in [6.45, 7) is 4.45. The summed E-state index contributed by atoms with van der Waals surface area (Å²) in [5, 5.41) is 0.970. The Kier molecular flexibility index (Phi) is 2.14. The molecule has 0 aromatic rings.